The molecule has 1 aromatic carbocycles. The molecule has 0 unspecified atom stereocenters. The zero-order valence-electron chi connectivity index (χ0n) is 9.11. The number of aryl methyl sites for hydroxylation is 1. The molecule has 0 amide bonds. The monoisotopic (exact) mass is 235 g/mol. The summed E-state index contributed by atoms with van der Waals surface area (Å²) in [6.07, 6.45) is -0.310. The van der Waals surface area contributed by atoms with E-state index in [0.717, 1.165) is 0 Å². The number of benzene rings is 1. The lowest BCUT2D eigenvalue weighted by atomic mass is 10.1. The van der Waals surface area contributed by atoms with Crippen LogP contribution >= 0.6 is 0 Å². The van der Waals surface area contributed by atoms with Crippen molar-refractivity contribution in [1.82, 2.24) is 4.57 Å². The molecule has 0 aliphatic rings. The zero-order valence-corrected chi connectivity index (χ0v) is 9.11. The molecule has 0 bridgehead atoms. The van der Waals surface area contributed by atoms with E-state index in [1.807, 2.05) is 0 Å². The third kappa shape index (κ3) is 1.91. The van der Waals surface area contributed by atoms with Gasteiger partial charge in [0.1, 0.15) is 5.82 Å². The quantitative estimate of drug-likeness (QED) is 0.853. The largest absolute Gasteiger partial charge is 0.481 e. The van der Waals surface area contributed by atoms with Gasteiger partial charge in [-0.3, -0.25) is 9.59 Å². The number of hydrogen-bond donors (Lipinski definition) is 1. The molecule has 4 nitrogen and oxygen atoms in total. The molecule has 0 spiro atoms. The van der Waals surface area contributed by atoms with E-state index in [0.29, 0.717) is 0 Å². The Hall–Kier alpha value is -2.17. The van der Waals surface area contributed by atoms with Crippen LogP contribution in [-0.2, 0) is 18.3 Å². The first-order valence-corrected chi connectivity index (χ1v) is 4.99. The molecule has 1 heterocycles. The first-order chi connectivity index (χ1) is 8.00. The molecule has 17 heavy (non-hydrogen) atoms. The highest BCUT2D eigenvalue weighted by Gasteiger charge is 2.11. The van der Waals surface area contributed by atoms with E-state index in [1.165, 1.54) is 28.8 Å². The molecule has 0 atom stereocenters. The molecular formula is C12H10FNO3. The highest BCUT2D eigenvalue weighted by atomic mass is 19.1. The molecule has 0 saturated heterocycles. The van der Waals surface area contributed by atoms with Crippen LogP contribution in [0.2, 0.25) is 0 Å². The fourth-order valence-electron chi connectivity index (χ4n) is 1.85. The molecule has 5 heteroatoms. The van der Waals surface area contributed by atoms with Crippen molar-refractivity contribution in [1.29, 1.82) is 0 Å². The number of nitrogens with zero attached hydrogens (tertiary/aromatic N) is 1. The highest BCUT2D eigenvalue weighted by molar-refractivity contribution is 5.80. The number of hydrogen-bond acceptors (Lipinski definition) is 2. The number of rotatable bonds is 2. The number of carboxylic acid groups (broad SMARTS) is 1. The van der Waals surface area contributed by atoms with Crippen LogP contribution in [-0.4, -0.2) is 15.6 Å². The fraction of sp³-hybridized carbons (Fsp3) is 0.167. The Morgan fingerprint density at radius 1 is 1.47 bits per heavy atom. The molecule has 0 fully saturated rings. The summed E-state index contributed by atoms with van der Waals surface area (Å²) in [5.74, 6) is -1.59. The van der Waals surface area contributed by atoms with Gasteiger partial charge in [0.15, 0.2) is 5.43 Å². The third-order valence-electron chi connectivity index (χ3n) is 2.65. The van der Waals surface area contributed by atoms with Crippen molar-refractivity contribution in [3.05, 3.63) is 46.0 Å². The van der Waals surface area contributed by atoms with Crippen LogP contribution in [0.1, 0.15) is 5.69 Å². The summed E-state index contributed by atoms with van der Waals surface area (Å²) in [7, 11) is 1.54. The predicted octanol–water partition coefficient (Wildman–Crippen LogP) is 1.30. The molecule has 1 aromatic heterocycles. The number of carbonyl (C=O) groups is 1. The van der Waals surface area contributed by atoms with Gasteiger partial charge in [-0.25, -0.2) is 4.39 Å². The smallest absolute Gasteiger partial charge is 0.309 e. The van der Waals surface area contributed by atoms with E-state index in [2.05, 4.69) is 0 Å². The number of pyridine rings is 1. The fourth-order valence-corrected chi connectivity index (χ4v) is 1.85. The Balaban J connectivity index is 2.83. The van der Waals surface area contributed by atoms with E-state index < -0.39 is 11.8 Å². The van der Waals surface area contributed by atoms with Crippen molar-refractivity contribution in [2.45, 2.75) is 6.42 Å². The number of aliphatic carboxylic acids is 1. The van der Waals surface area contributed by atoms with Gasteiger partial charge in [0, 0.05) is 24.2 Å². The average Bonchev–Trinajstić information content (AvgIpc) is 2.24. The lowest BCUT2D eigenvalue weighted by molar-refractivity contribution is -0.136. The molecule has 2 rings (SSSR count). The average molecular weight is 235 g/mol. The first kappa shape index (κ1) is 11.3. The Morgan fingerprint density at radius 3 is 2.82 bits per heavy atom. The highest BCUT2D eigenvalue weighted by Crippen LogP contribution is 2.15. The number of carboxylic acids is 1. The van der Waals surface area contributed by atoms with Crippen LogP contribution in [0.5, 0.6) is 0 Å². The summed E-state index contributed by atoms with van der Waals surface area (Å²) >= 11 is 0. The van der Waals surface area contributed by atoms with Gasteiger partial charge >= 0.3 is 5.97 Å². The molecule has 0 aliphatic heterocycles. The van der Waals surface area contributed by atoms with Crippen LogP contribution in [0.25, 0.3) is 10.9 Å². The van der Waals surface area contributed by atoms with Gasteiger partial charge in [-0.2, -0.15) is 0 Å². The van der Waals surface area contributed by atoms with E-state index in [4.69, 9.17) is 5.11 Å². The Morgan fingerprint density at radius 2 is 2.18 bits per heavy atom. The van der Waals surface area contributed by atoms with Gasteiger partial charge < -0.3 is 9.67 Å². The zero-order chi connectivity index (χ0) is 12.6. The third-order valence-corrected chi connectivity index (χ3v) is 2.65. The molecular weight excluding hydrogens is 225 g/mol. The van der Waals surface area contributed by atoms with Crippen molar-refractivity contribution >= 4 is 16.9 Å². The van der Waals surface area contributed by atoms with Gasteiger partial charge in [0.25, 0.3) is 0 Å². The van der Waals surface area contributed by atoms with Gasteiger partial charge in [0.05, 0.1) is 11.9 Å². The SMILES string of the molecule is Cn1c(CC(=O)O)cc(=O)c2cccc(F)c21. The number of para-hydroxylation sites is 1. The van der Waals surface area contributed by atoms with Crippen molar-refractivity contribution in [3.63, 3.8) is 0 Å². The van der Waals surface area contributed by atoms with Gasteiger partial charge in [-0.1, -0.05) is 6.07 Å². The maximum absolute atomic E-state index is 13.6. The summed E-state index contributed by atoms with van der Waals surface area (Å²) in [6, 6.07) is 5.45. The molecule has 88 valence electrons. The van der Waals surface area contributed by atoms with Crippen molar-refractivity contribution < 1.29 is 14.3 Å². The second kappa shape index (κ2) is 4.01. The Bertz CT molecular complexity index is 661. The summed E-state index contributed by atoms with van der Waals surface area (Å²) in [6.45, 7) is 0. The van der Waals surface area contributed by atoms with E-state index >= 15 is 0 Å². The topological polar surface area (TPSA) is 59.3 Å². The summed E-state index contributed by atoms with van der Waals surface area (Å²) in [5, 5.41) is 8.97. The summed E-state index contributed by atoms with van der Waals surface area (Å²) in [5.41, 5.74) is 0.0465. The Labute approximate surface area is 95.9 Å². The van der Waals surface area contributed by atoms with E-state index in [1.54, 1.807) is 7.05 Å². The minimum absolute atomic E-state index is 0.135. The van der Waals surface area contributed by atoms with Crippen LogP contribution in [0.4, 0.5) is 4.39 Å². The summed E-state index contributed by atoms with van der Waals surface area (Å²) in [4.78, 5) is 22.4. The van der Waals surface area contributed by atoms with Gasteiger partial charge in [0.2, 0.25) is 0 Å². The first-order valence-electron chi connectivity index (χ1n) is 4.99. The van der Waals surface area contributed by atoms with Crippen LogP contribution in [0, 0.1) is 5.82 Å². The maximum atomic E-state index is 13.6. The lowest BCUT2D eigenvalue weighted by Gasteiger charge is -2.11. The minimum Gasteiger partial charge on any atom is -0.481 e. The number of halogens is 1. The predicted molar refractivity (Wildman–Crippen MR) is 60.5 cm³/mol. The Kier molecular flexibility index (Phi) is 2.67. The van der Waals surface area contributed by atoms with Gasteiger partial charge in [-0.05, 0) is 12.1 Å². The molecule has 0 radical (unpaired) electrons. The summed E-state index contributed by atoms with van der Waals surface area (Å²) < 4.78 is 15.0. The second-order valence-electron chi connectivity index (χ2n) is 3.77. The minimum atomic E-state index is -1.06. The normalized spacial score (nSPS) is 10.7. The maximum Gasteiger partial charge on any atom is 0.309 e. The van der Waals surface area contributed by atoms with E-state index in [9.17, 15) is 14.0 Å². The van der Waals surface area contributed by atoms with Crippen molar-refractivity contribution in [2.24, 2.45) is 7.05 Å². The van der Waals surface area contributed by atoms with Crippen LogP contribution in [0.15, 0.2) is 29.1 Å². The van der Waals surface area contributed by atoms with Gasteiger partial charge in [-0.15, -0.1) is 0 Å². The second-order valence-corrected chi connectivity index (χ2v) is 3.77. The number of aromatic nitrogens is 1. The molecule has 0 aliphatic carbocycles. The van der Waals surface area contributed by atoms with Crippen LogP contribution in [0.3, 0.4) is 0 Å². The molecule has 1 N–H and O–H groups in total. The van der Waals surface area contributed by atoms with E-state index in [-0.39, 0.29) is 28.4 Å². The number of fused-ring (bicyclic) bond motifs is 1. The van der Waals surface area contributed by atoms with Crippen molar-refractivity contribution in [3.8, 4) is 0 Å². The lowest BCUT2D eigenvalue weighted by Crippen LogP contribution is -2.15. The van der Waals surface area contributed by atoms with Crippen molar-refractivity contribution in [2.75, 3.05) is 0 Å². The molecule has 0 saturated carbocycles. The van der Waals surface area contributed by atoms with Crippen LogP contribution < -0.4 is 5.43 Å². The molecule has 2 aromatic rings. The standard InChI is InChI=1S/C12H10FNO3/c1-14-7(6-11(16)17)5-10(15)8-3-2-4-9(13)12(8)14/h2-5H,6H2,1H3,(H,16,17).